The normalized spacial score (nSPS) is 12.2. The van der Waals surface area contributed by atoms with Crippen LogP contribution in [0.25, 0.3) is 0 Å². The van der Waals surface area contributed by atoms with E-state index in [1.807, 2.05) is 20.8 Å². The van der Waals surface area contributed by atoms with Crippen molar-refractivity contribution in [3.8, 4) is 0 Å². The van der Waals surface area contributed by atoms with Crippen LogP contribution in [0.2, 0.25) is 0 Å². The Hall–Kier alpha value is -1.95. The molecule has 1 rings (SSSR count). The van der Waals surface area contributed by atoms with Crippen molar-refractivity contribution in [1.29, 1.82) is 0 Å². The number of carbonyl (C=O) groups is 1. The molecule has 1 aromatic carbocycles. The summed E-state index contributed by atoms with van der Waals surface area (Å²) in [5.74, 6) is -0.0244. The smallest absolute Gasteiger partial charge is 0.269 e. The lowest BCUT2D eigenvalue weighted by Crippen LogP contribution is -2.45. The number of non-ortho nitro benzene ring substituents is 1. The van der Waals surface area contributed by atoms with E-state index < -0.39 is 4.92 Å². The Bertz CT molecular complexity index is 457. The predicted molar refractivity (Wildman–Crippen MR) is 77.5 cm³/mol. The highest BCUT2D eigenvalue weighted by Crippen LogP contribution is 2.11. The van der Waals surface area contributed by atoms with E-state index in [2.05, 4.69) is 10.6 Å². The molecule has 1 aromatic rings. The number of nitrogens with zero attached hydrogens (tertiary/aromatic N) is 1. The molecule has 0 aliphatic rings. The highest BCUT2D eigenvalue weighted by Gasteiger charge is 2.12. The lowest BCUT2D eigenvalue weighted by Gasteiger charge is -2.15. The third-order valence-corrected chi connectivity index (χ3v) is 2.84. The maximum absolute atomic E-state index is 11.7. The van der Waals surface area contributed by atoms with Gasteiger partial charge >= 0.3 is 0 Å². The quantitative estimate of drug-likeness (QED) is 0.587. The number of rotatable bonds is 7. The van der Waals surface area contributed by atoms with Crippen LogP contribution in [-0.2, 0) is 11.2 Å². The molecule has 0 bridgehead atoms. The minimum atomic E-state index is -0.416. The number of nitro groups is 1. The van der Waals surface area contributed by atoms with Crippen molar-refractivity contribution < 1.29 is 9.72 Å². The molecule has 0 saturated carbocycles. The van der Waals surface area contributed by atoms with Gasteiger partial charge in [0.2, 0.25) is 5.91 Å². The number of nitrogens with one attached hydrogen (secondary N) is 2. The summed E-state index contributed by atoms with van der Waals surface area (Å²) in [7, 11) is 0. The van der Waals surface area contributed by atoms with Gasteiger partial charge in [0, 0.05) is 18.2 Å². The zero-order valence-corrected chi connectivity index (χ0v) is 12.1. The largest absolute Gasteiger partial charge is 0.353 e. The highest BCUT2D eigenvalue weighted by atomic mass is 16.6. The topological polar surface area (TPSA) is 84.3 Å². The number of hydrogen-bond donors (Lipinski definition) is 2. The van der Waals surface area contributed by atoms with Crippen LogP contribution in [0.5, 0.6) is 0 Å². The van der Waals surface area contributed by atoms with Crippen molar-refractivity contribution in [2.75, 3.05) is 6.54 Å². The summed E-state index contributed by atoms with van der Waals surface area (Å²) >= 11 is 0. The molecule has 110 valence electrons. The molecule has 0 saturated heterocycles. The van der Waals surface area contributed by atoms with Gasteiger partial charge in [-0.25, -0.2) is 0 Å². The Kier molecular flexibility index (Phi) is 6.11. The van der Waals surface area contributed by atoms with E-state index in [9.17, 15) is 14.9 Å². The third kappa shape index (κ3) is 5.36. The van der Waals surface area contributed by atoms with E-state index in [0.29, 0.717) is 6.54 Å². The zero-order chi connectivity index (χ0) is 15.1. The first-order valence-corrected chi connectivity index (χ1v) is 6.67. The number of benzene rings is 1. The molecule has 0 fully saturated rings. The molecular weight excluding hydrogens is 258 g/mol. The van der Waals surface area contributed by atoms with E-state index in [0.717, 1.165) is 12.0 Å². The Morgan fingerprint density at radius 2 is 1.85 bits per heavy atom. The maximum Gasteiger partial charge on any atom is 0.269 e. The fraction of sp³-hybridized carbons (Fsp3) is 0.500. The maximum atomic E-state index is 11.7. The van der Waals surface area contributed by atoms with Gasteiger partial charge in [-0.1, -0.05) is 12.1 Å². The van der Waals surface area contributed by atoms with Gasteiger partial charge < -0.3 is 10.6 Å². The van der Waals surface area contributed by atoms with Gasteiger partial charge in [-0.2, -0.15) is 0 Å². The van der Waals surface area contributed by atoms with Crippen LogP contribution in [0.15, 0.2) is 24.3 Å². The monoisotopic (exact) mass is 279 g/mol. The van der Waals surface area contributed by atoms with E-state index in [1.54, 1.807) is 12.1 Å². The Balaban J connectivity index is 2.36. The minimum Gasteiger partial charge on any atom is -0.353 e. The molecule has 0 aliphatic carbocycles. The summed E-state index contributed by atoms with van der Waals surface area (Å²) in [4.78, 5) is 21.8. The standard InChI is InChI=1S/C14H21N3O3/c1-10(2)16-14(18)11(3)15-9-8-12-4-6-13(7-5-12)17(19)20/h4-7,10-11,15H,8-9H2,1-3H3,(H,16,18). The molecule has 1 unspecified atom stereocenters. The van der Waals surface area contributed by atoms with E-state index in [-0.39, 0.29) is 23.7 Å². The van der Waals surface area contributed by atoms with Crippen molar-refractivity contribution in [3.63, 3.8) is 0 Å². The molecule has 0 heterocycles. The van der Waals surface area contributed by atoms with Gasteiger partial charge in [0.15, 0.2) is 0 Å². The third-order valence-electron chi connectivity index (χ3n) is 2.84. The van der Waals surface area contributed by atoms with Crippen LogP contribution in [0.3, 0.4) is 0 Å². The average molecular weight is 279 g/mol. The van der Waals surface area contributed by atoms with Crippen LogP contribution in [0.1, 0.15) is 26.3 Å². The van der Waals surface area contributed by atoms with Crippen LogP contribution < -0.4 is 10.6 Å². The Labute approximate surface area is 118 Å². The Morgan fingerprint density at radius 1 is 1.25 bits per heavy atom. The molecule has 0 aliphatic heterocycles. The van der Waals surface area contributed by atoms with Gasteiger partial charge in [0.25, 0.3) is 5.69 Å². The van der Waals surface area contributed by atoms with Crippen LogP contribution in [0, 0.1) is 10.1 Å². The van der Waals surface area contributed by atoms with Crippen molar-refractivity contribution in [2.45, 2.75) is 39.3 Å². The van der Waals surface area contributed by atoms with Gasteiger partial charge in [0.05, 0.1) is 11.0 Å². The second-order valence-electron chi connectivity index (χ2n) is 5.01. The number of carbonyl (C=O) groups excluding carboxylic acids is 1. The second-order valence-corrected chi connectivity index (χ2v) is 5.01. The second kappa shape index (κ2) is 7.59. The van der Waals surface area contributed by atoms with Crippen molar-refractivity contribution >= 4 is 11.6 Å². The molecule has 20 heavy (non-hydrogen) atoms. The molecular formula is C14H21N3O3. The molecule has 6 nitrogen and oxygen atoms in total. The van der Waals surface area contributed by atoms with E-state index in [1.165, 1.54) is 12.1 Å². The lowest BCUT2D eigenvalue weighted by molar-refractivity contribution is -0.384. The van der Waals surface area contributed by atoms with E-state index >= 15 is 0 Å². The van der Waals surface area contributed by atoms with Gasteiger partial charge in [0.1, 0.15) is 0 Å². The molecule has 2 N–H and O–H groups in total. The lowest BCUT2D eigenvalue weighted by atomic mass is 10.1. The summed E-state index contributed by atoms with van der Waals surface area (Å²) in [6.07, 6.45) is 0.720. The predicted octanol–water partition coefficient (Wildman–Crippen LogP) is 1.64. The van der Waals surface area contributed by atoms with Crippen molar-refractivity contribution in [2.24, 2.45) is 0 Å². The first-order chi connectivity index (χ1) is 9.40. The number of nitro benzene ring substituents is 1. The summed E-state index contributed by atoms with van der Waals surface area (Å²) < 4.78 is 0. The fourth-order valence-corrected chi connectivity index (χ4v) is 1.72. The average Bonchev–Trinajstić information content (AvgIpc) is 2.38. The summed E-state index contributed by atoms with van der Waals surface area (Å²) in [5, 5.41) is 16.5. The zero-order valence-electron chi connectivity index (χ0n) is 12.1. The first-order valence-electron chi connectivity index (χ1n) is 6.67. The van der Waals surface area contributed by atoms with Crippen LogP contribution in [-0.4, -0.2) is 29.5 Å². The SMILES string of the molecule is CC(C)NC(=O)C(C)NCCc1ccc([N+](=O)[O-])cc1. The minimum absolute atomic E-state index is 0.0244. The number of hydrogen-bond acceptors (Lipinski definition) is 4. The molecule has 1 atom stereocenters. The van der Waals surface area contributed by atoms with Gasteiger partial charge in [-0.05, 0) is 39.3 Å². The molecule has 0 radical (unpaired) electrons. The summed E-state index contributed by atoms with van der Waals surface area (Å²) in [6.45, 7) is 6.29. The first kappa shape index (κ1) is 16.1. The molecule has 0 aromatic heterocycles. The summed E-state index contributed by atoms with van der Waals surface area (Å²) in [6, 6.07) is 6.32. The van der Waals surface area contributed by atoms with Gasteiger partial charge in [-0.3, -0.25) is 14.9 Å². The molecule has 1 amide bonds. The van der Waals surface area contributed by atoms with Crippen LogP contribution >= 0.6 is 0 Å². The van der Waals surface area contributed by atoms with Crippen molar-refractivity contribution in [3.05, 3.63) is 39.9 Å². The molecule has 6 heteroatoms. The highest BCUT2D eigenvalue weighted by molar-refractivity contribution is 5.81. The van der Waals surface area contributed by atoms with Crippen molar-refractivity contribution in [1.82, 2.24) is 10.6 Å². The van der Waals surface area contributed by atoms with E-state index in [4.69, 9.17) is 0 Å². The van der Waals surface area contributed by atoms with Gasteiger partial charge in [-0.15, -0.1) is 0 Å². The summed E-state index contributed by atoms with van der Waals surface area (Å²) in [5.41, 5.74) is 1.09. The Morgan fingerprint density at radius 3 is 2.35 bits per heavy atom. The molecule has 0 spiro atoms. The number of amides is 1. The fourth-order valence-electron chi connectivity index (χ4n) is 1.72. The van der Waals surface area contributed by atoms with Crippen LogP contribution in [0.4, 0.5) is 5.69 Å².